The van der Waals surface area contributed by atoms with Crippen molar-refractivity contribution in [2.24, 2.45) is 11.3 Å². The van der Waals surface area contributed by atoms with Crippen molar-refractivity contribution in [2.45, 2.75) is 58.4 Å². The molecule has 3 heteroatoms. The molecule has 88 valence electrons. The minimum Gasteiger partial charge on any atom is -0.544 e. The molecule has 0 aromatic rings. The maximum atomic E-state index is 10.9. The van der Waals surface area contributed by atoms with E-state index in [9.17, 15) is 9.90 Å². The van der Waals surface area contributed by atoms with Crippen molar-refractivity contribution >= 4 is 5.97 Å². The second-order valence-corrected chi connectivity index (χ2v) is 5.68. The number of carboxylic acid groups (broad SMARTS) is 1. The highest BCUT2D eigenvalue weighted by molar-refractivity contribution is 5.74. The minimum atomic E-state index is -0.977. The molecule has 1 fully saturated rings. The summed E-state index contributed by atoms with van der Waals surface area (Å²) in [5, 5.41) is 10.9. The predicted molar refractivity (Wildman–Crippen MR) is 56.7 cm³/mol. The van der Waals surface area contributed by atoms with E-state index < -0.39 is 11.5 Å². The van der Waals surface area contributed by atoms with Gasteiger partial charge in [0.2, 0.25) is 0 Å². The highest BCUT2D eigenvalue weighted by Gasteiger charge is 2.40. The number of aliphatic carboxylic acids is 1. The first-order valence-corrected chi connectivity index (χ1v) is 5.88. The Labute approximate surface area is 92.0 Å². The maximum Gasteiger partial charge on any atom is 0.135 e. The van der Waals surface area contributed by atoms with E-state index in [1.807, 2.05) is 0 Å². The average molecular weight is 213 g/mol. The molecule has 0 atom stereocenters. The number of carboxylic acids is 1. The third-order valence-corrected chi connectivity index (χ3v) is 4.39. The number of carbonyl (C=O) groups excluding carboxylic acids is 1. The summed E-state index contributed by atoms with van der Waals surface area (Å²) in [6.07, 6.45) is 4.43. The topological polar surface area (TPSA) is 67.8 Å². The monoisotopic (exact) mass is 213 g/mol. The van der Waals surface area contributed by atoms with Crippen molar-refractivity contribution in [1.29, 1.82) is 0 Å². The van der Waals surface area contributed by atoms with Crippen molar-refractivity contribution in [3.05, 3.63) is 0 Å². The largest absolute Gasteiger partial charge is 0.544 e. The van der Waals surface area contributed by atoms with Gasteiger partial charge in [-0.1, -0.05) is 27.2 Å². The van der Waals surface area contributed by atoms with Gasteiger partial charge in [0, 0.05) is 12.8 Å². The lowest BCUT2D eigenvalue weighted by atomic mass is 9.66. The Kier molecular flexibility index (Phi) is 3.44. The summed E-state index contributed by atoms with van der Waals surface area (Å²) in [7, 11) is 0. The van der Waals surface area contributed by atoms with Crippen LogP contribution in [0.5, 0.6) is 0 Å². The second-order valence-electron chi connectivity index (χ2n) is 5.68. The quantitative estimate of drug-likeness (QED) is 0.734. The lowest BCUT2D eigenvalue weighted by Crippen LogP contribution is -2.80. The van der Waals surface area contributed by atoms with Gasteiger partial charge >= 0.3 is 0 Å². The highest BCUT2D eigenvalue weighted by atomic mass is 16.4. The van der Waals surface area contributed by atoms with Crippen LogP contribution in [-0.2, 0) is 4.79 Å². The van der Waals surface area contributed by atoms with Crippen LogP contribution in [0.1, 0.15) is 52.9 Å². The van der Waals surface area contributed by atoms with Crippen LogP contribution < -0.4 is 10.8 Å². The molecule has 0 aromatic carbocycles. The van der Waals surface area contributed by atoms with Gasteiger partial charge in [-0.25, -0.2) is 0 Å². The van der Waals surface area contributed by atoms with Crippen LogP contribution in [0.4, 0.5) is 0 Å². The van der Waals surface area contributed by atoms with Crippen molar-refractivity contribution in [1.82, 2.24) is 0 Å². The first-order chi connectivity index (χ1) is 6.82. The molecule has 1 rings (SSSR count). The lowest BCUT2D eigenvalue weighted by Gasteiger charge is -2.41. The van der Waals surface area contributed by atoms with Gasteiger partial charge in [0.1, 0.15) is 11.5 Å². The molecule has 3 N–H and O–H groups in total. The third-order valence-electron chi connectivity index (χ3n) is 4.39. The summed E-state index contributed by atoms with van der Waals surface area (Å²) in [6, 6.07) is 0. The van der Waals surface area contributed by atoms with Crippen molar-refractivity contribution < 1.29 is 15.6 Å². The first kappa shape index (κ1) is 12.5. The molecular formula is C12H23NO2. The smallest absolute Gasteiger partial charge is 0.135 e. The Morgan fingerprint density at radius 1 is 1.47 bits per heavy atom. The van der Waals surface area contributed by atoms with Crippen molar-refractivity contribution in [3.8, 4) is 0 Å². The van der Waals surface area contributed by atoms with Crippen LogP contribution in [0.3, 0.4) is 0 Å². The lowest BCUT2D eigenvalue weighted by molar-refractivity contribution is -0.493. The molecule has 0 radical (unpaired) electrons. The SMILES string of the molecule is CCC(C)(C)C1CCC([NH3+])(C(=O)[O-])CC1. The summed E-state index contributed by atoms with van der Waals surface area (Å²) >= 11 is 0. The van der Waals surface area contributed by atoms with Gasteiger partial charge < -0.3 is 15.6 Å². The molecule has 1 saturated carbocycles. The van der Waals surface area contributed by atoms with Crippen LogP contribution in [-0.4, -0.2) is 11.5 Å². The van der Waals surface area contributed by atoms with Crippen molar-refractivity contribution in [2.75, 3.05) is 0 Å². The molecule has 0 bridgehead atoms. The van der Waals surface area contributed by atoms with Gasteiger partial charge in [-0.3, -0.25) is 0 Å². The zero-order valence-electron chi connectivity index (χ0n) is 10.1. The normalized spacial score (nSPS) is 32.7. The number of hydrogen-bond donors (Lipinski definition) is 1. The fourth-order valence-electron chi connectivity index (χ4n) is 2.44. The zero-order chi connectivity index (χ0) is 11.7. The van der Waals surface area contributed by atoms with E-state index in [4.69, 9.17) is 0 Å². The zero-order valence-corrected chi connectivity index (χ0v) is 10.1. The first-order valence-electron chi connectivity index (χ1n) is 5.88. The number of rotatable bonds is 3. The summed E-state index contributed by atoms with van der Waals surface area (Å²) in [4.78, 5) is 10.9. The van der Waals surface area contributed by atoms with E-state index in [-0.39, 0.29) is 0 Å². The van der Waals surface area contributed by atoms with E-state index in [1.54, 1.807) is 0 Å². The summed E-state index contributed by atoms with van der Waals surface area (Å²) < 4.78 is 0. The van der Waals surface area contributed by atoms with Crippen LogP contribution in [0, 0.1) is 11.3 Å². The summed E-state index contributed by atoms with van der Waals surface area (Å²) in [5.74, 6) is -0.341. The van der Waals surface area contributed by atoms with E-state index in [0.717, 1.165) is 19.3 Å². The van der Waals surface area contributed by atoms with E-state index >= 15 is 0 Å². The van der Waals surface area contributed by atoms with Gasteiger partial charge in [-0.15, -0.1) is 0 Å². The second kappa shape index (κ2) is 4.12. The molecule has 0 saturated heterocycles. The molecule has 0 heterocycles. The number of quaternary nitrogens is 1. The van der Waals surface area contributed by atoms with Gasteiger partial charge in [0.25, 0.3) is 0 Å². The molecule has 3 nitrogen and oxygen atoms in total. The maximum absolute atomic E-state index is 10.9. The standard InChI is InChI=1S/C12H23NO2/c1-4-11(2,3)9-5-7-12(13,8-6-9)10(14)15/h9H,4-8,13H2,1-3H3,(H,14,15). The molecular weight excluding hydrogens is 190 g/mol. The molecule has 0 spiro atoms. The Hall–Kier alpha value is -0.570. The molecule has 15 heavy (non-hydrogen) atoms. The highest BCUT2D eigenvalue weighted by Crippen LogP contribution is 2.41. The molecule has 0 aliphatic heterocycles. The van der Waals surface area contributed by atoms with Crippen LogP contribution in [0.2, 0.25) is 0 Å². The fourth-order valence-corrected chi connectivity index (χ4v) is 2.44. The van der Waals surface area contributed by atoms with Gasteiger partial charge in [0.05, 0.1) is 0 Å². The van der Waals surface area contributed by atoms with Gasteiger partial charge in [0.15, 0.2) is 0 Å². The van der Waals surface area contributed by atoms with E-state index in [2.05, 4.69) is 26.5 Å². The van der Waals surface area contributed by atoms with E-state index in [0.29, 0.717) is 24.2 Å². The Morgan fingerprint density at radius 2 is 1.93 bits per heavy atom. The van der Waals surface area contributed by atoms with Crippen LogP contribution >= 0.6 is 0 Å². The Balaban J connectivity index is 2.60. The predicted octanol–water partition coefficient (Wildman–Crippen LogP) is 0.343. The summed E-state index contributed by atoms with van der Waals surface area (Å²) in [6.45, 7) is 6.74. The van der Waals surface area contributed by atoms with Crippen LogP contribution in [0.15, 0.2) is 0 Å². The number of carbonyl (C=O) groups is 1. The molecule has 1 aliphatic carbocycles. The van der Waals surface area contributed by atoms with Crippen molar-refractivity contribution in [3.63, 3.8) is 0 Å². The molecule has 0 unspecified atom stereocenters. The molecule has 0 aromatic heterocycles. The Bertz CT molecular complexity index is 240. The van der Waals surface area contributed by atoms with E-state index in [1.165, 1.54) is 0 Å². The molecule has 0 amide bonds. The molecule has 1 aliphatic rings. The van der Waals surface area contributed by atoms with Gasteiger partial charge in [-0.05, 0) is 24.2 Å². The fraction of sp³-hybridized carbons (Fsp3) is 0.917. The minimum absolute atomic E-state index is 0.327. The van der Waals surface area contributed by atoms with Gasteiger partial charge in [-0.2, -0.15) is 0 Å². The number of hydrogen-bond acceptors (Lipinski definition) is 2. The Morgan fingerprint density at radius 3 is 2.27 bits per heavy atom. The summed E-state index contributed by atoms with van der Waals surface area (Å²) in [5.41, 5.74) is 3.32. The third kappa shape index (κ3) is 2.51. The van der Waals surface area contributed by atoms with Crippen LogP contribution in [0.25, 0.3) is 0 Å². The average Bonchev–Trinajstić information content (AvgIpc) is 2.18.